The molecule has 0 atom stereocenters. The van der Waals surface area contributed by atoms with Gasteiger partial charge in [0, 0.05) is 32.1 Å². The molecule has 0 aliphatic carbocycles. The Labute approximate surface area is 130 Å². The number of furan rings is 1. The molecule has 0 amide bonds. The molecule has 2 aromatic rings. The van der Waals surface area contributed by atoms with E-state index >= 15 is 0 Å². The van der Waals surface area contributed by atoms with Crippen LogP contribution in [0.3, 0.4) is 0 Å². The number of halogens is 2. The third kappa shape index (κ3) is 3.22. The van der Waals surface area contributed by atoms with Crippen molar-refractivity contribution in [3.63, 3.8) is 0 Å². The van der Waals surface area contributed by atoms with Crippen LogP contribution in [0.1, 0.15) is 11.3 Å². The molecule has 0 spiro atoms. The lowest BCUT2D eigenvalue weighted by molar-refractivity contribution is 0.459. The van der Waals surface area contributed by atoms with Gasteiger partial charge in [0.15, 0.2) is 4.67 Å². The predicted octanol–water partition coefficient (Wildman–Crippen LogP) is 3.00. The van der Waals surface area contributed by atoms with Crippen LogP contribution in [0.15, 0.2) is 44.6 Å². The highest BCUT2D eigenvalue weighted by Gasteiger charge is 2.27. The molecule has 0 radical (unpaired) electrons. The van der Waals surface area contributed by atoms with E-state index in [0.717, 1.165) is 5.56 Å². The van der Waals surface area contributed by atoms with Crippen molar-refractivity contribution in [1.29, 1.82) is 0 Å². The van der Waals surface area contributed by atoms with E-state index in [9.17, 15) is 8.42 Å². The SMILES string of the molecule is CN(Cc1cccnc1)S(=O)(=O)c1cc(CCl)oc1Br. The van der Waals surface area contributed by atoms with E-state index in [2.05, 4.69) is 20.9 Å². The fourth-order valence-electron chi connectivity index (χ4n) is 1.64. The molecule has 0 aliphatic heterocycles. The Kier molecular flexibility index (Phi) is 4.85. The van der Waals surface area contributed by atoms with Gasteiger partial charge in [-0.3, -0.25) is 4.98 Å². The Balaban J connectivity index is 2.27. The minimum atomic E-state index is -3.65. The van der Waals surface area contributed by atoms with Crippen LogP contribution in [0.2, 0.25) is 0 Å². The van der Waals surface area contributed by atoms with E-state index in [1.807, 2.05) is 6.07 Å². The molecule has 0 saturated carbocycles. The van der Waals surface area contributed by atoms with E-state index in [4.69, 9.17) is 16.0 Å². The molecule has 0 saturated heterocycles. The van der Waals surface area contributed by atoms with E-state index in [1.165, 1.54) is 17.4 Å². The van der Waals surface area contributed by atoms with Crippen LogP contribution in [0.4, 0.5) is 0 Å². The second kappa shape index (κ2) is 6.26. The Hall–Kier alpha value is -0.890. The van der Waals surface area contributed by atoms with E-state index < -0.39 is 10.0 Å². The first-order valence-electron chi connectivity index (χ1n) is 5.64. The van der Waals surface area contributed by atoms with Gasteiger partial charge in [0.2, 0.25) is 10.0 Å². The smallest absolute Gasteiger partial charge is 0.247 e. The summed E-state index contributed by atoms with van der Waals surface area (Å²) in [6.07, 6.45) is 3.26. The minimum absolute atomic E-state index is 0.0690. The van der Waals surface area contributed by atoms with Crippen LogP contribution in [0, 0.1) is 0 Å². The number of hydrogen-bond donors (Lipinski definition) is 0. The number of pyridine rings is 1. The molecule has 5 nitrogen and oxygen atoms in total. The van der Waals surface area contributed by atoms with Gasteiger partial charge < -0.3 is 4.42 Å². The molecular formula is C12H12BrClN2O3S. The van der Waals surface area contributed by atoms with Crippen molar-refractivity contribution in [3.8, 4) is 0 Å². The summed E-state index contributed by atoms with van der Waals surface area (Å²) in [5.74, 6) is 0.507. The second-order valence-corrected chi connectivity index (χ2v) is 7.11. The summed E-state index contributed by atoms with van der Waals surface area (Å²) in [4.78, 5) is 4.03. The van der Waals surface area contributed by atoms with Gasteiger partial charge in [-0.05, 0) is 27.6 Å². The lowest BCUT2D eigenvalue weighted by Crippen LogP contribution is -2.26. The van der Waals surface area contributed by atoms with Crippen LogP contribution >= 0.6 is 27.5 Å². The van der Waals surface area contributed by atoms with E-state index in [0.29, 0.717) is 5.76 Å². The predicted molar refractivity (Wildman–Crippen MR) is 78.9 cm³/mol. The van der Waals surface area contributed by atoms with Crippen molar-refractivity contribution < 1.29 is 12.8 Å². The molecule has 8 heteroatoms. The van der Waals surface area contributed by atoms with Gasteiger partial charge in [0.05, 0.1) is 5.88 Å². The summed E-state index contributed by atoms with van der Waals surface area (Å²) in [6, 6.07) is 4.99. The molecule has 2 heterocycles. The molecule has 0 unspecified atom stereocenters. The maximum atomic E-state index is 12.5. The van der Waals surface area contributed by atoms with Crippen LogP contribution < -0.4 is 0 Å². The molecule has 0 fully saturated rings. The largest absolute Gasteiger partial charge is 0.452 e. The lowest BCUT2D eigenvalue weighted by atomic mass is 10.3. The van der Waals surface area contributed by atoms with Crippen LogP contribution in [0.5, 0.6) is 0 Å². The van der Waals surface area contributed by atoms with Crippen molar-refractivity contribution in [1.82, 2.24) is 9.29 Å². The van der Waals surface area contributed by atoms with Crippen LogP contribution in [-0.2, 0) is 22.4 Å². The summed E-state index contributed by atoms with van der Waals surface area (Å²) in [6.45, 7) is 0.226. The summed E-state index contributed by atoms with van der Waals surface area (Å²) >= 11 is 8.74. The van der Waals surface area contributed by atoms with Crippen molar-refractivity contribution in [2.75, 3.05) is 7.05 Å². The normalized spacial score (nSPS) is 12.0. The van der Waals surface area contributed by atoms with Gasteiger partial charge in [-0.1, -0.05) is 6.07 Å². The number of nitrogens with zero attached hydrogens (tertiary/aromatic N) is 2. The second-order valence-electron chi connectivity index (χ2n) is 4.11. The quantitative estimate of drug-likeness (QED) is 0.749. The lowest BCUT2D eigenvalue weighted by Gasteiger charge is -2.16. The molecule has 2 rings (SSSR count). The number of alkyl halides is 1. The Morgan fingerprint density at radius 1 is 1.50 bits per heavy atom. The Bertz CT molecular complexity index is 688. The number of rotatable bonds is 5. The van der Waals surface area contributed by atoms with Crippen LogP contribution in [0.25, 0.3) is 0 Å². The summed E-state index contributed by atoms with van der Waals surface area (Å²) in [5, 5.41) is 0. The van der Waals surface area contributed by atoms with Gasteiger partial charge in [-0.15, -0.1) is 11.6 Å². The van der Waals surface area contributed by atoms with E-state index in [-0.39, 0.29) is 22.0 Å². The Morgan fingerprint density at radius 2 is 2.25 bits per heavy atom. The maximum Gasteiger partial charge on any atom is 0.247 e. The molecule has 2 aromatic heterocycles. The average Bonchev–Trinajstić information content (AvgIpc) is 2.82. The number of hydrogen-bond acceptors (Lipinski definition) is 4. The zero-order chi connectivity index (χ0) is 14.8. The Morgan fingerprint density at radius 3 is 2.80 bits per heavy atom. The highest BCUT2D eigenvalue weighted by atomic mass is 79.9. The summed E-state index contributed by atoms with van der Waals surface area (Å²) in [7, 11) is -2.15. The van der Waals surface area contributed by atoms with Gasteiger partial charge in [-0.2, -0.15) is 4.31 Å². The van der Waals surface area contributed by atoms with Crippen molar-refractivity contribution in [3.05, 3.63) is 46.6 Å². The molecule has 0 aliphatic rings. The van der Waals surface area contributed by atoms with Gasteiger partial charge in [-0.25, -0.2) is 8.42 Å². The van der Waals surface area contributed by atoms with Gasteiger partial charge in [0.1, 0.15) is 10.7 Å². The highest BCUT2D eigenvalue weighted by molar-refractivity contribution is 9.10. The third-order valence-corrected chi connectivity index (χ3v) is 5.58. The monoisotopic (exact) mass is 378 g/mol. The topological polar surface area (TPSA) is 63.4 Å². The number of sulfonamides is 1. The minimum Gasteiger partial charge on any atom is -0.452 e. The molecule has 20 heavy (non-hydrogen) atoms. The fraction of sp³-hybridized carbons (Fsp3) is 0.250. The number of aromatic nitrogens is 1. The van der Waals surface area contributed by atoms with Crippen LogP contribution in [-0.4, -0.2) is 24.8 Å². The molecule has 0 aromatic carbocycles. The summed E-state index contributed by atoms with van der Waals surface area (Å²) in [5.41, 5.74) is 0.802. The molecule has 0 N–H and O–H groups in total. The van der Waals surface area contributed by atoms with E-state index in [1.54, 1.807) is 18.5 Å². The fourth-order valence-corrected chi connectivity index (χ4v) is 3.89. The van der Waals surface area contributed by atoms with Crippen molar-refractivity contribution >= 4 is 37.6 Å². The highest BCUT2D eigenvalue weighted by Crippen LogP contribution is 2.29. The first-order chi connectivity index (χ1) is 9.45. The third-order valence-electron chi connectivity index (χ3n) is 2.65. The van der Waals surface area contributed by atoms with Gasteiger partial charge >= 0.3 is 0 Å². The zero-order valence-corrected chi connectivity index (χ0v) is 13.7. The summed E-state index contributed by atoms with van der Waals surface area (Å²) < 4.78 is 31.5. The van der Waals surface area contributed by atoms with Gasteiger partial charge in [0.25, 0.3) is 0 Å². The molecular weight excluding hydrogens is 368 g/mol. The van der Waals surface area contributed by atoms with Crippen molar-refractivity contribution in [2.24, 2.45) is 0 Å². The first kappa shape index (κ1) is 15.5. The average molecular weight is 380 g/mol. The zero-order valence-electron chi connectivity index (χ0n) is 10.6. The first-order valence-corrected chi connectivity index (χ1v) is 8.41. The molecule has 0 bridgehead atoms. The maximum absolute atomic E-state index is 12.5. The molecule has 108 valence electrons. The standard InChI is InChI=1S/C12H12BrClN2O3S/c1-16(8-9-3-2-4-15-7-9)20(17,18)11-5-10(6-14)19-12(11)13/h2-5,7H,6,8H2,1H3. The van der Waals surface area contributed by atoms with Crippen molar-refractivity contribution in [2.45, 2.75) is 17.3 Å².